The van der Waals surface area contributed by atoms with Crippen LogP contribution >= 0.6 is 0 Å². The van der Waals surface area contributed by atoms with Crippen molar-refractivity contribution < 1.29 is 9.47 Å². The maximum atomic E-state index is 5.58. The summed E-state index contributed by atoms with van der Waals surface area (Å²) in [5.74, 6) is 1.33. The molecule has 0 aliphatic carbocycles. The molecular weight excluding hydrogens is 226 g/mol. The number of hydrogen-bond acceptors (Lipinski definition) is 3. The fraction of sp³-hybridized carbons (Fsp3) is 0.867. The van der Waals surface area contributed by atoms with Crippen LogP contribution in [0.25, 0.3) is 0 Å². The summed E-state index contributed by atoms with van der Waals surface area (Å²) in [6.07, 6.45) is 6.71. The van der Waals surface area contributed by atoms with Gasteiger partial charge in [-0.05, 0) is 49.6 Å². The minimum absolute atomic E-state index is 0.490. The van der Waals surface area contributed by atoms with Crippen molar-refractivity contribution in [3.8, 4) is 0 Å². The normalized spacial score (nSPS) is 30.4. The molecule has 1 fully saturated rings. The number of hydrogen-bond donors (Lipinski definition) is 1. The van der Waals surface area contributed by atoms with Crippen molar-refractivity contribution in [3.63, 3.8) is 0 Å². The van der Waals surface area contributed by atoms with Crippen LogP contribution in [-0.4, -0.2) is 32.4 Å². The molecule has 1 saturated heterocycles. The summed E-state index contributed by atoms with van der Waals surface area (Å²) in [4.78, 5) is 0. The van der Waals surface area contributed by atoms with Crippen LogP contribution in [-0.2, 0) is 9.47 Å². The maximum absolute atomic E-state index is 5.58. The highest BCUT2D eigenvalue weighted by molar-refractivity contribution is 5.13. The molecule has 0 spiro atoms. The molecule has 0 radical (unpaired) electrons. The van der Waals surface area contributed by atoms with Gasteiger partial charge in [-0.3, -0.25) is 0 Å². The van der Waals surface area contributed by atoms with Gasteiger partial charge in [0.15, 0.2) is 0 Å². The zero-order valence-corrected chi connectivity index (χ0v) is 11.8. The first kappa shape index (κ1) is 13.9. The Labute approximate surface area is 111 Å². The summed E-state index contributed by atoms with van der Waals surface area (Å²) in [6.45, 7) is 8.33. The summed E-state index contributed by atoms with van der Waals surface area (Å²) in [7, 11) is 0. The third kappa shape index (κ3) is 3.48. The minimum atomic E-state index is 0.490. The zero-order chi connectivity index (χ0) is 12.8. The summed E-state index contributed by atoms with van der Waals surface area (Å²) in [5, 5.41) is 3.74. The fourth-order valence-corrected chi connectivity index (χ4v) is 3.06. The van der Waals surface area contributed by atoms with Crippen LogP contribution < -0.4 is 5.32 Å². The van der Waals surface area contributed by atoms with E-state index >= 15 is 0 Å². The SMILES string of the molecule is CCCNC(C1=COCCC1)C1CCOCC1C. The van der Waals surface area contributed by atoms with Crippen LogP contribution in [0.2, 0.25) is 0 Å². The summed E-state index contributed by atoms with van der Waals surface area (Å²) in [6, 6.07) is 0.490. The second-order valence-corrected chi connectivity index (χ2v) is 5.60. The Bertz CT molecular complexity index is 278. The number of ether oxygens (including phenoxy) is 2. The third-order valence-corrected chi connectivity index (χ3v) is 4.11. The van der Waals surface area contributed by atoms with Gasteiger partial charge in [0.2, 0.25) is 0 Å². The van der Waals surface area contributed by atoms with E-state index < -0.39 is 0 Å². The van der Waals surface area contributed by atoms with Gasteiger partial charge in [-0.2, -0.15) is 0 Å². The first-order chi connectivity index (χ1) is 8.83. The Morgan fingerprint density at radius 3 is 3.00 bits per heavy atom. The van der Waals surface area contributed by atoms with Gasteiger partial charge < -0.3 is 14.8 Å². The van der Waals surface area contributed by atoms with Crippen molar-refractivity contribution in [2.24, 2.45) is 11.8 Å². The lowest BCUT2D eigenvalue weighted by Crippen LogP contribution is -2.45. The molecule has 0 bridgehead atoms. The van der Waals surface area contributed by atoms with Gasteiger partial charge in [-0.25, -0.2) is 0 Å². The van der Waals surface area contributed by atoms with Crippen molar-refractivity contribution >= 4 is 0 Å². The van der Waals surface area contributed by atoms with E-state index in [0.29, 0.717) is 17.9 Å². The van der Waals surface area contributed by atoms with Gasteiger partial charge in [0.1, 0.15) is 0 Å². The molecule has 2 rings (SSSR count). The Morgan fingerprint density at radius 2 is 2.33 bits per heavy atom. The Morgan fingerprint density at radius 1 is 1.44 bits per heavy atom. The Hall–Kier alpha value is -0.540. The quantitative estimate of drug-likeness (QED) is 0.817. The Kier molecular flexibility index (Phi) is 5.51. The van der Waals surface area contributed by atoms with Crippen molar-refractivity contribution in [3.05, 3.63) is 11.8 Å². The predicted octanol–water partition coefficient (Wildman–Crippen LogP) is 2.72. The lowest BCUT2D eigenvalue weighted by atomic mass is 9.79. The monoisotopic (exact) mass is 253 g/mol. The summed E-state index contributed by atoms with van der Waals surface area (Å²) >= 11 is 0. The van der Waals surface area contributed by atoms with E-state index in [-0.39, 0.29) is 0 Å². The molecular formula is C15H27NO2. The van der Waals surface area contributed by atoms with Crippen LogP contribution in [0.1, 0.15) is 39.5 Å². The second-order valence-electron chi connectivity index (χ2n) is 5.60. The molecule has 0 aromatic heterocycles. The molecule has 2 aliphatic heterocycles. The zero-order valence-electron chi connectivity index (χ0n) is 11.8. The third-order valence-electron chi connectivity index (χ3n) is 4.11. The highest BCUT2D eigenvalue weighted by Crippen LogP contribution is 2.31. The molecule has 3 unspecified atom stereocenters. The molecule has 2 aliphatic rings. The molecule has 18 heavy (non-hydrogen) atoms. The van der Waals surface area contributed by atoms with E-state index in [0.717, 1.165) is 32.8 Å². The summed E-state index contributed by atoms with van der Waals surface area (Å²) in [5.41, 5.74) is 1.47. The fourth-order valence-electron chi connectivity index (χ4n) is 3.06. The second kappa shape index (κ2) is 7.15. The number of rotatable bonds is 5. The first-order valence-corrected chi connectivity index (χ1v) is 7.44. The van der Waals surface area contributed by atoms with Crippen molar-refractivity contribution in [2.45, 2.75) is 45.6 Å². The molecule has 3 heteroatoms. The van der Waals surface area contributed by atoms with Gasteiger partial charge in [0.25, 0.3) is 0 Å². The topological polar surface area (TPSA) is 30.5 Å². The molecule has 0 amide bonds. The molecule has 3 nitrogen and oxygen atoms in total. The van der Waals surface area contributed by atoms with E-state index in [1.165, 1.54) is 24.8 Å². The van der Waals surface area contributed by atoms with E-state index in [1.54, 1.807) is 0 Å². The van der Waals surface area contributed by atoms with Crippen LogP contribution in [0, 0.1) is 11.8 Å². The highest BCUT2D eigenvalue weighted by atomic mass is 16.5. The van der Waals surface area contributed by atoms with E-state index in [1.807, 2.05) is 6.26 Å². The average Bonchev–Trinajstić information content (AvgIpc) is 2.42. The molecule has 0 saturated carbocycles. The minimum Gasteiger partial charge on any atom is -0.501 e. The van der Waals surface area contributed by atoms with Crippen LogP contribution in [0.5, 0.6) is 0 Å². The molecule has 1 N–H and O–H groups in total. The van der Waals surface area contributed by atoms with Gasteiger partial charge >= 0.3 is 0 Å². The van der Waals surface area contributed by atoms with E-state index in [2.05, 4.69) is 19.2 Å². The van der Waals surface area contributed by atoms with Gasteiger partial charge in [-0.15, -0.1) is 0 Å². The molecule has 3 atom stereocenters. The van der Waals surface area contributed by atoms with Gasteiger partial charge in [0, 0.05) is 19.3 Å². The Balaban J connectivity index is 2.05. The van der Waals surface area contributed by atoms with Crippen LogP contribution in [0.15, 0.2) is 11.8 Å². The van der Waals surface area contributed by atoms with E-state index in [9.17, 15) is 0 Å². The lowest BCUT2D eigenvalue weighted by Gasteiger charge is -2.37. The molecule has 0 aromatic carbocycles. The standard InChI is InChI=1S/C15H27NO2/c1-3-7-16-15(13-5-4-8-17-11-13)14-6-9-18-10-12(14)2/h11-12,14-16H,3-10H2,1-2H3. The smallest absolute Gasteiger partial charge is 0.0876 e. The van der Waals surface area contributed by atoms with Gasteiger partial charge in [0.05, 0.1) is 12.9 Å². The van der Waals surface area contributed by atoms with Crippen molar-refractivity contribution in [2.75, 3.05) is 26.4 Å². The molecule has 2 heterocycles. The largest absolute Gasteiger partial charge is 0.501 e. The number of nitrogens with one attached hydrogen (secondary N) is 1. The molecule has 0 aromatic rings. The maximum Gasteiger partial charge on any atom is 0.0876 e. The average molecular weight is 253 g/mol. The lowest BCUT2D eigenvalue weighted by molar-refractivity contribution is 0.0140. The first-order valence-electron chi connectivity index (χ1n) is 7.44. The van der Waals surface area contributed by atoms with Crippen molar-refractivity contribution in [1.82, 2.24) is 5.32 Å². The van der Waals surface area contributed by atoms with Crippen LogP contribution in [0.4, 0.5) is 0 Å². The van der Waals surface area contributed by atoms with Crippen molar-refractivity contribution in [1.29, 1.82) is 0 Å². The van der Waals surface area contributed by atoms with Gasteiger partial charge in [-0.1, -0.05) is 13.8 Å². The molecule has 104 valence electrons. The van der Waals surface area contributed by atoms with Crippen LogP contribution in [0.3, 0.4) is 0 Å². The highest BCUT2D eigenvalue weighted by Gasteiger charge is 2.32. The predicted molar refractivity (Wildman–Crippen MR) is 73.4 cm³/mol. The summed E-state index contributed by atoms with van der Waals surface area (Å²) < 4.78 is 11.1. The van der Waals surface area contributed by atoms with E-state index in [4.69, 9.17) is 9.47 Å².